The molecule has 0 saturated heterocycles. The van der Waals surface area contributed by atoms with Crippen LogP contribution in [0, 0.1) is 10.1 Å². The van der Waals surface area contributed by atoms with Gasteiger partial charge in [-0.3, -0.25) is 15.5 Å². The number of hydrogen-bond acceptors (Lipinski definition) is 4. The zero-order valence-electron chi connectivity index (χ0n) is 12.8. The zero-order chi connectivity index (χ0) is 16.8. The Bertz CT molecular complexity index is 803. The third-order valence-electron chi connectivity index (χ3n) is 3.47. The molecule has 1 N–H and O–H groups in total. The van der Waals surface area contributed by atoms with Gasteiger partial charge in [0.05, 0.1) is 16.3 Å². The number of nitrogens with zero attached hydrogens (tertiary/aromatic N) is 2. The smallest absolute Gasteiger partial charge is 0.269 e. The third kappa shape index (κ3) is 3.64. The molecule has 0 atom stereocenters. The fraction of sp³-hybridized carbons (Fsp3) is 0. The maximum Gasteiger partial charge on any atom is 0.269 e. The summed E-state index contributed by atoms with van der Waals surface area (Å²) in [6.45, 7) is 0. The van der Waals surface area contributed by atoms with Gasteiger partial charge in [-0.2, -0.15) is 5.10 Å². The van der Waals surface area contributed by atoms with Crippen molar-refractivity contribution in [2.45, 2.75) is 0 Å². The normalized spacial score (nSPS) is 10.0. The lowest BCUT2D eigenvalue weighted by Crippen LogP contribution is -2.06. The van der Waals surface area contributed by atoms with Crippen LogP contribution in [0.3, 0.4) is 0 Å². The number of anilines is 1. The van der Waals surface area contributed by atoms with Crippen molar-refractivity contribution in [3.05, 3.63) is 106 Å². The standard InChI is InChI=1S/C19H15N3O2/c23-22(24)18-13-11-17(12-14-18)20-21-19(15-7-3-1-4-8-15)16-9-5-2-6-10-16/h1-14,20H. The summed E-state index contributed by atoms with van der Waals surface area (Å²) in [5.74, 6) is 0. The summed E-state index contributed by atoms with van der Waals surface area (Å²) >= 11 is 0. The van der Waals surface area contributed by atoms with Crippen LogP contribution in [0.2, 0.25) is 0 Å². The lowest BCUT2D eigenvalue weighted by atomic mass is 10.0. The summed E-state index contributed by atoms with van der Waals surface area (Å²) in [6, 6.07) is 25.9. The molecule has 0 heterocycles. The number of hydrazone groups is 1. The summed E-state index contributed by atoms with van der Waals surface area (Å²) in [6.07, 6.45) is 0. The van der Waals surface area contributed by atoms with Gasteiger partial charge in [-0.15, -0.1) is 0 Å². The number of benzene rings is 3. The van der Waals surface area contributed by atoms with E-state index in [-0.39, 0.29) is 5.69 Å². The van der Waals surface area contributed by atoms with E-state index in [0.717, 1.165) is 16.8 Å². The van der Waals surface area contributed by atoms with Gasteiger partial charge in [-0.25, -0.2) is 0 Å². The monoisotopic (exact) mass is 317 g/mol. The van der Waals surface area contributed by atoms with Crippen LogP contribution in [0.5, 0.6) is 0 Å². The van der Waals surface area contributed by atoms with Crippen molar-refractivity contribution < 1.29 is 4.92 Å². The first-order valence-corrected chi connectivity index (χ1v) is 7.43. The van der Waals surface area contributed by atoms with Crippen molar-refractivity contribution in [2.75, 3.05) is 5.43 Å². The lowest BCUT2D eigenvalue weighted by molar-refractivity contribution is -0.384. The molecule has 3 aromatic rings. The molecule has 3 aromatic carbocycles. The Morgan fingerprint density at radius 3 is 1.75 bits per heavy atom. The molecule has 0 unspecified atom stereocenters. The van der Waals surface area contributed by atoms with Crippen molar-refractivity contribution in [2.24, 2.45) is 5.10 Å². The molecular weight excluding hydrogens is 302 g/mol. The fourth-order valence-corrected chi connectivity index (χ4v) is 2.27. The molecule has 0 aliphatic carbocycles. The van der Waals surface area contributed by atoms with Crippen LogP contribution in [0.25, 0.3) is 0 Å². The highest BCUT2D eigenvalue weighted by molar-refractivity contribution is 6.13. The van der Waals surface area contributed by atoms with Crippen LogP contribution in [-0.2, 0) is 0 Å². The van der Waals surface area contributed by atoms with Gasteiger partial charge in [0.15, 0.2) is 0 Å². The molecule has 0 aliphatic rings. The van der Waals surface area contributed by atoms with Gasteiger partial charge in [-0.1, -0.05) is 60.7 Å². The molecule has 0 spiro atoms. The van der Waals surface area contributed by atoms with Crippen LogP contribution < -0.4 is 5.43 Å². The van der Waals surface area contributed by atoms with Gasteiger partial charge >= 0.3 is 0 Å². The topological polar surface area (TPSA) is 67.5 Å². The molecule has 0 bridgehead atoms. The number of non-ortho nitro benzene ring substituents is 1. The number of rotatable bonds is 5. The Balaban J connectivity index is 1.91. The number of nitro benzene ring substituents is 1. The van der Waals surface area contributed by atoms with E-state index in [2.05, 4.69) is 10.5 Å². The van der Waals surface area contributed by atoms with E-state index in [9.17, 15) is 10.1 Å². The maximum absolute atomic E-state index is 10.7. The minimum absolute atomic E-state index is 0.0517. The molecule has 0 fully saturated rings. The predicted molar refractivity (Wildman–Crippen MR) is 95.2 cm³/mol. The highest BCUT2D eigenvalue weighted by atomic mass is 16.6. The van der Waals surface area contributed by atoms with Gasteiger partial charge in [0.2, 0.25) is 0 Å². The van der Waals surface area contributed by atoms with Gasteiger partial charge in [0.1, 0.15) is 0 Å². The van der Waals surface area contributed by atoms with Crippen LogP contribution in [-0.4, -0.2) is 10.6 Å². The summed E-state index contributed by atoms with van der Waals surface area (Å²) in [4.78, 5) is 10.3. The molecular formula is C19H15N3O2. The second-order valence-corrected chi connectivity index (χ2v) is 5.11. The van der Waals surface area contributed by atoms with Gasteiger partial charge in [0, 0.05) is 23.3 Å². The van der Waals surface area contributed by atoms with Gasteiger partial charge in [-0.05, 0) is 12.1 Å². The van der Waals surface area contributed by atoms with E-state index < -0.39 is 4.92 Å². The van der Waals surface area contributed by atoms with E-state index in [0.29, 0.717) is 5.69 Å². The number of nitrogens with one attached hydrogen (secondary N) is 1. The Morgan fingerprint density at radius 2 is 1.29 bits per heavy atom. The minimum Gasteiger partial charge on any atom is -0.278 e. The van der Waals surface area contributed by atoms with E-state index >= 15 is 0 Å². The predicted octanol–water partition coefficient (Wildman–Crippen LogP) is 4.46. The summed E-state index contributed by atoms with van der Waals surface area (Å²) < 4.78 is 0. The van der Waals surface area contributed by atoms with Gasteiger partial charge < -0.3 is 0 Å². The van der Waals surface area contributed by atoms with E-state index in [1.807, 2.05) is 60.7 Å². The Hall–Kier alpha value is -3.47. The summed E-state index contributed by atoms with van der Waals surface area (Å²) in [5, 5.41) is 15.2. The van der Waals surface area contributed by atoms with Crippen molar-refractivity contribution in [1.29, 1.82) is 0 Å². The van der Waals surface area contributed by atoms with Crippen molar-refractivity contribution >= 4 is 17.1 Å². The number of nitro groups is 1. The zero-order valence-corrected chi connectivity index (χ0v) is 12.8. The molecule has 0 aromatic heterocycles. The fourth-order valence-electron chi connectivity index (χ4n) is 2.27. The quantitative estimate of drug-likeness (QED) is 0.429. The third-order valence-corrected chi connectivity index (χ3v) is 3.47. The van der Waals surface area contributed by atoms with E-state index in [1.165, 1.54) is 12.1 Å². The van der Waals surface area contributed by atoms with Crippen molar-refractivity contribution in [3.63, 3.8) is 0 Å². The van der Waals surface area contributed by atoms with Gasteiger partial charge in [0.25, 0.3) is 5.69 Å². The summed E-state index contributed by atoms with van der Waals surface area (Å²) in [7, 11) is 0. The molecule has 0 radical (unpaired) electrons. The van der Waals surface area contributed by atoms with Crippen LogP contribution >= 0.6 is 0 Å². The summed E-state index contributed by atoms with van der Waals surface area (Å²) in [5.41, 5.74) is 6.48. The Labute approximate surface area is 139 Å². The van der Waals surface area contributed by atoms with Crippen LogP contribution in [0.15, 0.2) is 90.0 Å². The molecule has 118 valence electrons. The molecule has 24 heavy (non-hydrogen) atoms. The molecule has 5 heteroatoms. The molecule has 3 rings (SSSR count). The largest absolute Gasteiger partial charge is 0.278 e. The molecule has 0 aliphatic heterocycles. The highest BCUT2D eigenvalue weighted by Gasteiger charge is 2.07. The van der Waals surface area contributed by atoms with E-state index in [1.54, 1.807) is 12.1 Å². The highest BCUT2D eigenvalue weighted by Crippen LogP contribution is 2.16. The lowest BCUT2D eigenvalue weighted by Gasteiger charge is -2.08. The minimum atomic E-state index is -0.424. The van der Waals surface area contributed by atoms with E-state index in [4.69, 9.17) is 0 Å². The van der Waals surface area contributed by atoms with Crippen LogP contribution in [0.4, 0.5) is 11.4 Å². The average molecular weight is 317 g/mol. The SMILES string of the molecule is O=[N+]([O-])c1ccc(NN=C(c2ccccc2)c2ccccc2)cc1. The first-order valence-electron chi connectivity index (χ1n) is 7.43. The second-order valence-electron chi connectivity index (χ2n) is 5.11. The average Bonchev–Trinajstić information content (AvgIpc) is 2.64. The van der Waals surface area contributed by atoms with Crippen molar-refractivity contribution in [3.8, 4) is 0 Å². The maximum atomic E-state index is 10.7. The molecule has 5 nitrogen and oxygen atoms in total. The Kier molecular flexibility index (Phi) is 4.62. The second kappa shape index (κ2) is 7.19. The van der Waals surface area contributed by atoms with Crippen LogP contribution in [0.1, 0.15) is 11.1 Å². The molecule has 0 amide bonds. The number of hydrogen-bond donors (Lipinski definition) is 1. The first kappa shape index (κ1) is 15.4. The molecule has 0 saturated carbocycles. The Morgan fingerprint density at radius 1 is 0.792 bits per heavy atom. The first-order chi connectivity index (χ1) is 11.7. The van der Waals surface area contributed by atoms with Crippen molar-refractivity contribution in [1.82, 2.24) is 0 Å².